The van der Waals surface area contributed by atoms with E-state index in [0.29, 0.717) is 0 Å². The summed E-state index contributed by atoms with van der Waals surface area (Å²) >= 11 is 16.1. The molecule has 0 heterocycles. The van der Waals surface area contributed by atoms with Crippen molar-refractivity contribution >= 4 is 51.1 Å². The van der Waals surface area contributed by atoms with Crippen LogP contribution in [0.1, 0.15) is 0 Å². The molecule has 0 aromatic carbocycles. The van der Waals surface area contributed by atoms with Crippen LogP contribution in [-0.2, 0) is 24.4 Å². The van der Waals surface area contributed by atoms with Crippen LogP contribution in [0.3, 0.4) is 0 Å². The Bertz CT molecular complexity index is 394. The lowest BCUT2D eigenvalue weighted by Gasteiger charge is -2.23. The Morgan fingerprint density at radius 3 is 2.11 bits per heavy atom. The number of hydrogen-bond donors (Lipinski definition) is 1. The van der Waals surface area contributed by atoms with Crippen LogP contribution in [-0.4, -0.2) is 56.3 Å². The number of methoxy groups -OCH3 is 2. The summed E-state index contributed by atoms with van der Waals surface area (Å²) in [6.07, 6.45) is -2.33. The van der Waals surface area contributed by atoms with E-state index in [1.165, 1.54) is 14.2 Å². The van der Waals surface area contributed by atoms with Gasteiger partial charge in [0.25, 0.3) is 0 Å². The molecule has 0 bridgehead atoms. The maximum Gasteiger partial charge on any atom is 0.424 e. The third-order valence-corrected chi connectivity index (χ3v) is 2.95. The van der Waals surface area contributed by atoms with E-state index in [1.54, 1.807) is 0 Å². The van der Waals surface area contributed by atoms with E-state index in [2.05, 4.69) is 4.74 Å². The topological polar surface area (TPSA) is 108 Å². The fraction of sp³-hybridized carbons (Fsp3) is 0.857. The summed E-state index contributed by atoms with van der Waals surface area (Å²) in [5.74, 6) is 0. The minimum absolute atomic E-state index is 0.196. The van der Waals surface area contributed by atoms with Crippen LogP contribution in [0.2, 0.25) is 0 Å². The van der Waals surface area contributed by atoms with Crippen molar-refractivity contribution in [3.63, 3.8) is 0 Å². The van der Waals surface area contributed by atoms with Crippen molar-refractivity contribution in [1.82, 2.24) is 4.31 Å². The highest BCUT2D eigenvalue weighted by Crippen LogP contribution is 2.26. The normalized spacial score (nSPS) is 12.6. The van der Waals surface area contributed by atoms with E-state index in [1.807, 2.05) is 0 Å². The number of carbonyl (C=O) groups is 1. The Labute approximate surface area is 125 Å². The van der Waals surface area contributed by atoms with Crippen molar-refractivity contribution in [3.05, 3.63) is 0 Å². The van der Waals surface area contributed by atoms with Crippen LogP contribution in [0.5, 0.6) is 0 Å². The molecule has 0 saturated heterocycles. The minimum Gasteiger partial charge on any atom is -0.444 e. The van der Waals surface area contributed by atoms with Crippen LogP contribution in [0, 0.1) is 0 Å². The molecule has 0 atom stereocenters. The number of rotatable bonds is 6. The molecule has 114 valence electrons. The van der Waals surface area contributed by atoms with E-state index in [0.717, 1.165) is 0 Å². The monoisotopic (exact) mass is 358 g/mol. The third-order valence-electron chi connectivity index (χ3n) is 1.71. The summed E-state index contributed by atoms with van der Waals surface area (Å²) in [5, 5.41) is 4.86. The van der Waals surface area contributed by atoms with Gasteiger partial charge in [-0.25, -0.2) is 9.93 Å². The molecular weight excluding hydrogens is 347 g/mol. The van der Waals surface area contributed by atoms with Crippen LogP contribution in [0.15, 0.2) is 0 Å². The predicted octanol–water partition coefficient (Wildman–Crippen LogP) is 0.618. The zero-order valence-electron chi connectivity index (χ0n) is 10.0. The van der Waals surface area contributed by atoms with Gasteiger partial charge in [0.05, 0.1) is 6.54 Å². The molecule has 2 N–H and O–H groups in total. The first kappa shape index (κ1) is 19.0. The second-order valence-corrected chi connectivity index (χ2v) is 7.13. The largest absolute Gasteiger partial charge is 0.444 e. The van der Waals surface area contributed by atoms with Gasteiger partial charge < -0.3 is 14.2 Å². The van der Waals surface area contributed by atoms with Crippen LogP contribution in [0.4, 0.5) is 4.79 Å². The Hall–Kier alpha value is -0.0300. The molecule has 0 aromatic rings. The predicted molar refractivity (Wildman–Crippen MR) is 69.3 cm³/mol. The second kappa shape index (κ2) is 7.67. The molecule has 0 aromatic heterocycles. The van der Waals surface area contributed by atoms with E-state index in [9.17, 15) is 13.2 Å². The molecule has 0 fully saturated rings. The van der Waals surface area contributed by atoms with Crippen molar-refractivity contribution in [2.45, 2.75) is 10.1 Å². The standard InChI is InChI=1S/C7H13Cl3N2O6S/c1-16-5(17-2)3-12(19(11,14)15)6(13)18-4-7(8,9)10/h5H,3-4H2,1-2H3,(H2,11,14,15). The van der Waals surface area contributed by atoms with Crippen molar-refractivity contribution in [1.29, 1.82) is 0 Å². The maximum absolute atomic E-state index is 11.6. The van der Waals surface area contributed by atoms with Gasteiger partial charge in [-0.1, -0.05) is 34.8 Å². The molecule has 0 aliphatic rings. The molecule has 19 heavy (non-hydrogen) atoms. The van der Waals surface area contributed by atoms with Gasteiger partial charge in [-0.15, -0.1) is 0 Å². The number of carbonyl (C=O) groups excluding carboxylic acids is 1. The highest BCUT2D eigenvalue weighted by Gasteiger charge is 2.31. The smallest absolute Gasteiger partial charge is 0.424 e. The van der Waals surface area contributed by atoms with Crippen LogP contribution >= 0.6 is 34.8 Å². The number of hydrogen-bond acceptors (Lipinski definition) is 6. The Balaban J connectivity index is 4.82. The first-order valence-corrected chi connectivity index (χ1v) is 7.24. The van der Waals surface area contributed by atoms with E-state index < -0.39 is 39.5 Å². The SMILES string of the molecule is COC(CN(C(=O)OCC(Cl)(Cl)Cl)S(N)(=O)=O)OC. The van der Waals surface area contributed by atoms with Crippen molar-refractivity contribution in [2.24, 2.45) is 5.14 Å². The van der Waals surface area contributed by atoms with Crippen molar-refractivity contribution in [3.8, 4) is 0 Å². The number of nitrogens with two attached hydrogens (primary N) is 1. The summed E-state index contributed by atoms with van der Waals surface area (Å²) in [7, 11) is -1.87. The van der Waals surface area contributed by atoms with Gasteiger partial charge in [0.1, 0.15) is 6.61 Å². The fourth-order valence-electron chi connectivity index (χ4n) is 0.879. The second-order valence-electron chi connectivity index (χ2n) is 3.15. The van der Waals surface area contributed by atoms with Crippen LogP contribution in [0.25, 0.3) is 0 Å². The lowest BCUT2D eigenvalue weighted by Crippen LogP contribution is -2.47. The molecule has 0 rings (SSSR count). The van der Waals surface area contributed by atoms with E-state index in [-0.39, 0.29) is 4.31 Å². The first-order valence-electron chi connectivity index (χ1n) is 4.61. The Morgan fingerprint density at radius 1 is 1.32 bits per heavy atom. The molecule has 1 amide bonds. The number of amides is 1. The van der Waals surface area contributed by atoms with Crippen molar-refractivity contribution in [2.75, 3.05) is 27.4 Å². The highest BCUT2D eigenvalue weighted by molar-refractivity contribution is 7.87. The van der Waals surface area contributed by atoms with Gasteiger partial charge in [-0.3, -0.25) is 0 Å². The zero-order valence-corrected chi connectivity index (χ0v) is 13.1. The quantitative estimate of drug-likeness (QED) is 0.550. The minimum atomic E-state index is -4.38. The highest BCUT2D eigenvalue weighted by atomic mass is 35.6. The van der Waals surface area contributed by atoms with Crippen LogP contribution < -0.4 is 5.14 Å². The lowest BCUT2D eigenvalue weighted by atomic mass is 10.6. The average Bonchev–Trinajstić information content (AvgIpc) is 2.25. The number of nitrogens with zero attached hydrogens (tertiary/aromatic N) is 1. The molecule has 0 spiro atoms. The van der Waals surface area contributed by atoms with Gasteiger partial charge >= 0.3 is 16.3 Å². The molecule has 0 aliphatic heterocycles. The summed E-state index contributed by atoms with van der Waals surface area (Å²) in [4.78, 5) is 11.6. The molecule has 0 aliphatic carbocycles. The van der Waals surface area contributed by atoms with Gasteiger partial charge in [-0.05, 0) is 0 Å². The molecule has 0 unspecified atom stereocenters. The van der Waals surface area contributed by atoms with E-state index >= 15 is 0 Å². The van der Waals surface area contributed by atoms with Gasteiger partial charge in [0.2, 0.25) is 3.79 Å². The zero-order chi connectivity index (χ0) is 15.3. The molecule has 0 radical (unpaired) electrons. The summed E-state index contributed by atoms with van der Waals surface area (Å²) in [5.41, 5.74) is 0. The summed E-state index contributed by atoms with van der Waals surface area (Å²) in [6, 6.07) is 0. The lowest BCUT2D eigenvalue weighted by molar-refractivity contribution is -0.106. The Morgan fingerprint density at radius 2 is 1.79 bits per heavy atom. The maximum atomic E-state index is 11.6. The average molecular weight is 360 g/mol. The number of ether oxygens (including phenoxy) is 3. The van der Waals surface area contributed by atoms with Gasteiger partial charge in [-0.2, -0.15) is 12.7 Å². The number of alkyl halides is 3. The Kier molecular flexibility index (Phi) is 7.66. The fourth-order valence-corrected chi connectivity index (χ4v) is 1.63. The summed E-state index contributed by atoms with van der Waals surface area (Å²) in [6.45, 7) is -1.16. The number of halogens is 3. The third kappa shape index (κ3) is 7.98. The molecule has 8 nitrogen and oxygen atoms in total. The van der Waals surface area contributed by atoms with Gasteiger partial charge in [0, 0.05) is 14.2 Å². The van der Waals surface area contributed by atoms with E-state index in [4.69, 9.17) is 49.4 Å². The molecular formula is C7H13Cl3N2O6S. The first-order chi connectivity index (χ1) is 8.51. The summed E-state index contributed by atoms with van der Waals surface area (Å²) < 4.78 is 34.8. The molecule has 12 heteroatoms. The van der Waals surface area contributed by atoms with Crippen molar-refractivity contribution < 1.29 is 27.4 Å². The van der Waals surface area contributed by atoms with Gasteiger partial charge in [0.15, 0.2) is 6.29 Å². The molecule has 0 saturated carbocycles.